The average molecular weight is 243 g/mol. The van der Waals surface area contributed by atoms with Gasteiger partial charge in [-0.25, -0.2) is 13.1 Å². The lowest BCUT2D eigenvalue weighted by atomic mass is 9.75. The fourth-order valence-electron chi connectivity index (χ4n) is 4.06. The van der Waals surface area contributed by atoms with Gasteiger partial charge in [-0.2, -0.15) is 0 Å². The first kappa shape index (κ1) is 11.0. The molecule has 3 aliphatic rings. The summed E-state index contributed by atoms with van der Waals surface area (Å²) in [7, 11) is -2.93. The lowest BCUT2D eigenvalue weighted by molar-refractivity contribution is 0.213. The molecule has 4 heteroatoms. The number of rotatable bonds is 0. The molecule has 0 aromatic carbocycles. The summed E-state index contributed by atoms with van der Waals surface area (Å²) >= 11 is 0. The third kappa shape index (κ3) is 2.02. The number of fused-ring (bicyclic) bond motifs is 2. The second-order valence-electron chi connectivity index (χ2n) is 5.88. The molecule has 0 aromatic heterocycles. The molecule has 2 saturated carbocycles. The quantitative estimate of drug-likeness (QED) is 0.706. The van der Waals surface area contributed by atoms with Crippen LogP contribution in [-0.4, -0.2) is 20.2 Å². The number of hydrogen-bond donors (Lipinski definition) is 1. The SMILES string of the molecule is O=S1(=O)CC2CC3CCCCC3CCC2N1. The Bertz CT molecular complexity index is 365. The Balaban J connectivity index is 1.76. The van der Waals surface area contributed by atoms with Gasteiger partial charge in [0.1, 0.15) is 0 Å². The molecule has 1 aliphatic heterocycles. The minimum absolute atomic E-state index is 0.260. The maximum atomic E-state index is 11.6. The van der Waals surface area contributed by atoms with Gasteiger partial charge in [0, 0.05) is 6.04 Å². The first-order valence-electron chi connectivity index (χ1n) is 6.64. The highest BCUT2D eigenvalue weighted by atomic mass is 32.2. The lowest BCUT2D eigenvalue weighted by Crippen LogP contribution is -2.28. The van der Waals surface area contributed by atoms with E-state index in [-0.39, 0.29) is 6.04 Å². The molecule has 4 unspecified atom stereocenters. The molecule has 16 heavy (non-hydrogen) atoms. The zero-order valence-electron chi connectivity index (χ0n) is 9.69. The smallest absolute Gasteiger partial charge is 0.212 e. The van der Waals surface area contributed by atoms with E-state index in [4.69, 9.17) is 0 Å². The Morgan fingerprint density at radius 2 is 1.62 bits per heavy atom. The molecule has 4 atom stereocenters. The highest BCUT2D eigenvalue weighted by molar-refractivity contribution is 7.89. The van der Waals surface area contributed by atoms with Gasteiger partial charge in [-0.05, 0) is 37.0 Å². The minimum Gasteiger partial charge on any atom is -0.212 e. The summed E-state index contributed by atoms with van der Waals surface area (Å²) in [5.74, 6) is 2.50. The maximum Gasteiger partial charge on any atom is 0.212 e. The van der Waals surface area contributed by atoms with Gasteiger partial charge in [0.2, 0.25) is 10.0 Å². The minimum atomic E-state index is -2.93. The molecule has 92 valence electrons. The monoisotopic (exact) mass is 243 g/mol. The predicted octanol–water partition coefficient (Wildman–Crippen LogP) is 1.89. The zero-order chi connectivity index (χ0) is 11.2. The molecule has 1 heterocycles. The highest BCUT2D eigenvalue weighted by Crippen LogP contribution is 2.42. The van der Waals surface area contributed by atoms with Crippen LogP contribution in [0.3, 0.4) is 0 Å². The molecule has 1 saturated heterocycles. The van der Waals surface area contributed by atoms with Crippen LogP contribution >= 0.6 is 0 Å². The van der Waals surface area contributed by atoms with Gasteiger partial charge >= 0.3 is 0 Å². The van der Waals surface area contributed by atoms with E-state index in [0.29, 0.717) is 11.7 Å². The Morgan fingerprint density at radius 3 is 2.44 bits per heavy atom. The molecule has 0 spiro atoms. The normalized spacial score (nSPS) is 46.8. The van der Waals surface area contributed by atoms with Crippen molar-refractivity contribution in [2.75, 3.05) is 5.75 Å². The second kappa shape index (κ2) is 3.98. The van der Waals surface area contributed by atoms with Crippen molar-refractivity contribution < 1.29 is 8.42 Å². The van der Waals surface area contributed by atoms with Crippen LogP contribution in [0.25, 0.3) is 0 Å². The summed E-state index contributed by atoms with van der Waals surface area (Å²) in [6, 6.07) is 0.260. The summed E-state index contributed by atoms with van der Waals surface area (Å²) in [4.78, 5) is 0. The van der Waals surface area contributed by atoms with Gasteiger partial charge in [0.25, 0.3) is 0 Å². The second-order valence-corrected chi connectivity index (χ2v) is 7.68. The van der Waals surface area contributed by atoms with E-state index in [9.17, 15) is 8.42 Å². The van der Waals surface area contributed by atoms with Crippen LogP contribution in [0.15, 0.2) is 0 Å². The van der Waals surface area contributed by atoms with Gasteiger partial charge in [-0.3, -0.25) is 0 Å². The summed E-state index contributed by atoms with van der Waals surface area (Å²) in [6.45, 7) is 0. The Labute approximate surface area is 98.0 Å². The Hall–Kier alpha value is -0.0900. The van der Waals surface area contributed by atoms with Crippen LogP contribution in [0.1, 0.15) is 44.9 Å². The van der Waals surface area contributed by atoms with Crippen molar-refractivity contribution in [2.45, 2.75) is 51.0 Å². The van der Waals surface area contributed by atoms with Gasteiger partial charge in [0.15, 0.2) is 0 Å². The van der Waals surface area contributed by atoms with Gasteiger partial charge in [0.05, 0.1) is 5.75 Å². The third-order valence-electron chi connectivity index (χ3n) is 4.85. The Morgan fingerprint density at radius 1 is 0.875 bits per heavy atom. The van der Waals surface area contributed by atoms with Crippen molar-refractivity contribution in [3.05, 3.63) is 0 Å². The lowest BCUT2D eigenvalue weighted by Gasteiger charge is -2.30. The van der Waals surface area contributed by atoms with Crippen molar-refractivity contribution in [3.8, 4) is 0 Å². The van der Waals surface area contributed by atoms with Crippen molar-refractivity contribution in [1.29, 1.82) is 0 Å². The molecule has 3 fully saturated rings. The van der Waals surface area contributed by atoms with Crippen LogP contribution in [-0.2, 0) is 10.0 Å². The van der Waals surface area contributed by atoms with Crippen molar-refractivity contribution in [3.63, 3.8) is 0 Å². The van der Waals surface area contributed by atoms with E-state index in [2.05, 4.69) is 4.72 Å². The van der Waals surface area contributed by atoms with E-state index in [1.807, 2.05) is 0 Å². The predicted molar refractivity (Wildman–Crippen MR) is 63.5 cm³/mol. The molecule has 0 bridgehead atoms. The number of hydrogen-bond acceptors (Lipinski definition) is 2. The van der Waals surface area contributed by atoms with E-state index in [1.54, 1.807) is 0 Å². The zero-order valence-corrected chi connectivity index (χ0v) is 10.5. The van der Waals surface area contributed by atoms with Crippen molar-refractivity contribution in [1.82, 2.24) is 4.72 Å². The van der Waals surface area contributed by atoms with Crippen LogP contribution in [0.5, 0.6) is 0 Å². The van der Waals surface area contributed by atoms with E-state index >= 15 is 0 Å². The summed E-state index contributed by atoms with van der Waals surface area (Å²) in [5, 5.41) is 0. The van der Waals surface area contributed by atoms with E-state index in [0.717, 1.165) is 24.7 Å². The molecule has 2 aliphatic carbocycles. The number of nitrogens with one attached hydrogen (secondary N) is 1. The van der Waals surface area contributed by atoms with Crippen LogP contribution in [0.2, 0.25) is 0 Å². The van der Waals surface area contributed by atoms with Crippen LogP contribution < -0.4 is 4.72 Å². The topological polar surface area (TPSA) is 46.2 Å². The third-order valence-corrected chi connectivity index (χ3v) is 6.38. The van der Waals surface area contributed by atoms with Crippen LogP contribution in [0, 0.1) is 17.8 Å². The van der Waals surface area contributed by atoms with Crippen molar-refractivity contribution in [2.24, 2.45) is 17.8 Å². The largest absolute Gasteiger partial charge is 0.212 e. The standard InChI is InChI=1S/C12H21NO2S/c14-16(15)8-11-7-10-4-2-1-3-9(10)5-6-12(11)13-16/h9-13H,1-8H2. The first-order chi connectivity index (χ1) is 7.64. The van der Waals surface area contributed by atoms with E-state index < -0.39 is 10.0 Å². The molecule has 1 N–H and O–H groups in total. The molecule has 0 amide bonds. The molecule has 3 nitrogen and oxygen atoms in total. The fraction of sp³-hybridized carbons (Fsp3) is 1.00. The van der Waals surface area contributed by atoms with Gasteiger partial charge in [-0.15, -0.1) is 0 Å². The molecular weight excluding hydrogens is 222 g/mol. The maximum absolute atomic E-state index is 11.6. The summed E-state index contributed by atoms with van der Waals surface area (Å²) in [5.41, 5.74) is 0. The molecule has 3 rings (SSSR count). The summed E-state index contributed by atoms with van der Waals surface area (Å²) < 4.78 is 26.0. The first-order valence-corrected chi connectivity index (χ1v) is 8.29. The Kier molecular flexibility index (Phi) is 2.75. The molecule has 0 radical (unpaired) electrons. The van der Waals surface area contributed by atoms with Gasteiger partial charge < -0.3 is 0 Å². The fourth-order valence-corrected chi connectivity index (χ4v) is 5.86. The molecule has 0 aromatic rings. The average Bonchev–Trinajstić information content (AvgIpc) is 2.41. The van der Waals surface area contributed by atoms with Gasteiger partial charge in [-0.1, -0.05) is 25.7 Å². The number of sulfonamides is 1. The van der Waals surface area contributed by atoms with Crippen LogP contribution in [0.4, 0.5) is 0 Å². The molecular formula is C12H21NO2S. The summed E-state index contributed by atoms with van der Waals surface area (Å²) in [6.07, 6.45) is 8.95. The van der Waals surface area contributed by atoms with E-state index in [1.165, 1.54) is 32.1 Å². The highest BCUT2D eigenvalue weighted by Gasteiger charge is 2.42. The van der Waals surface area contributed by atoms with Crippen molar-refractivity contribution >= 4 is 10.0 Å².